The maximum Gasteiger partial charge on any atom is 0.203 e. The van der Waals surface area contributed by atoms with Crippen LogP contribution in [0.1, 0.15) is 16.7 Å². The van der Waals surface area contributed by atoms with E-state index in [1.54, 1.807) is 35.5 Å². The molecule has 0 fully saturated rings. The van der Waals surface area contributed by atoms with Crippen molar-refractivity contribution in [1.82, 2.24) is 5.32 Å². The van der Waals surface area contributed by atoms with Crippen LogP contribution in [0, 0.1) is 0 Å². The summed E-state index contributed by atoms with van der Waals surface area (Å²) in [6.45, 7) is 0.846. The lowest BCUT2D eigenvalue weighted by molar-refractivity contribution is 0.324. The molecule has 0 aliphatic carbocycles. The molecular formula is C21H25NO5. The Labute approximate surface area is 159 Å². The zero-order chi connectivity index (χ0) is 19.4. The van der Waals surface area contributed by atoms with Gasteiger partial charge >= 0.3 is 0 Å². The van der Waals surface area contributed by atoms with Crippen molar-refractivity contribution in [1.29, 1.82) is 0 Å². The molecule has 0 amide bonds. The zero-order valence-corrected chi connectivity index (χ0v) is 16.3. The Hall–Kier alpha value is -3.02. The molecule has 0 unspecified atom stereocenters. The molecule has 0 atom stereocenters. The fourth-order valence-electron chi connectivity index (χ4n) is 3.29. The van der Waals surface area contributed by atoms with Crippen molar-refractivity contribution in [3.8, 4) is 28.7 Å². The van der Waals surface area contributed by atoms with Crippen molar-refractivity contribution in [2.24, 2.45) is 0 Å². The van der Waals surface area contributed by atoms with Gasteiger partial charge in [-0.2, -0.15) is 0 Å². The van der Waals surface area contributed by atoms with Crippen molar-refractivity contribution >= 4 is 11.8 Å². The van der Waals surface area contributed by atoms with Crippen LogP contribution >= 0.6 is 0 Å². The van der Waals surface area contributed by atoms with Crippen LogP contribution in [0.3, 0.4) is 0 Å². The summed E-state index contributed by atoms with van der Waals surface area (Å²) in [6.07, 6.45) is 2.98. The second kappa shape index (κ2) is 8.12. The van der Waals surface area contributed by atoms with Gasteiger partial charge in [0, 0.05) is 17.8 Å². The number of benzene rings is 2. The van der Waals surface area contributed by atoms with Gasteiger partial charge in [0.2, 0.25) is 5.75 Å². The lowest BCUT2D eigenvalue weighted by atomic mass is 9.95. The molecule has 2 aromatic carbocycles. The number of hydrogen-bond acceptors (Lipinski definition) is 6. The van der Waals surface area contributed by atoms with E-state index in [0.29, 0.717) is 23.0 Å². The van der Waals surface area contributed by atoms with Gasteiger partial charge in [0.25, 0.3) is 0 Å². The lowest BCUT2D eigenvalue weighted by Crippen LogP contribution is -2.22. The average molecular weight is 371 g/mol. The monoisotopic (exact) mass is 371 g/mol. The number of methoxy groups -OCH3 is 5. The van der Waals surface area contributed by atoms with Gasteiger partial charge < -0.3 is 29.0 Å². The van der Waals surface area contributed by atoms with Gasteiger partial charge in [0.05, 0.1) is 35.5 Å². The van der Waals surface area contributed by atoms with E-state index in [1.165, 1.54) is 5.56 Å². The van der Waals surface area contributed by atoms with Crippen molar-refractivity contribution < 1.29 is 23.7 Å². The Kier molecular flexibility index (Phi) is 5.64. The summed E-state index contributed by atoms with van der Waals surface area (Å²) in [5.41, 5.74) is 4.25. The highest BCUT2D eigenvalue weighted by molar-refractivity contribution is 5.84. The lowest BCUT2D eigenvalue weighted by Gasteiger charge is -2.23. The third kappa shape index (κ3) is 3.60. The van der Waals surface area contributed by atoms with Crippen LogP contribution in [0.2, 0.25) is 0 Å². The van der Waals surface area contributed by atoms with Gasteiger partial charge in [-0.15, -0.1) is 0 Å². The number of nitrogens with one attached hydrogen (secondary N) is 1. The first-order valence-corrected chi connectivity index (χ1v) is 8.66. The van der Waals surface area contributed by atoms with Gasteiger partial charge in [-0.25, -0.2) is 0 Å². The van der Waals surface area contributed by atoms with Crippen molar-refractivity contribution in [3.05, 3.63) is 41.0 Å². The summed E-state index contributed by atoms with van der Waals surface area (Å²) >= 11 is 0. The molecule has 1 aliphatic rings. The van der Waals surface area contributed by atoms with Crippen molar-refractivity contribution in [3.63, 3.8) is 0 Å². The van der Waals surface area contributed by atoms with Crippen LogP contribution in [0.5, 0.6) is 28.7 Å². The molecule has 6 nitrogen and oxygen atoms in total. The fourth-order valence-corrected chi connectivity index (χ4v) is 3.29. The highest BCUT2D eigenvalue weighted by Crippen LogP contribution is 2.40. The summed E-state index contributed by atoms with van der Waals surface area (Å²) in [5, 5.41) is 3.47. The molecule has 0 saturated carbocycles. The number of hydrogen-bond donors (Lipinski definition) is 1. The zero-order valence-electron chi connectivity index (χ0n) is 16.3. The third-order valence-electron chi connectivity index (χ3n) is 4.61. The minimum Gasteiger partial charge on any atom is -0.493 e. The van der Waals surface area contributed by atoms with E-state index in [2.05, 4.69) is 11.4 Å². The maximum absolute atomic E-state index is 5.47. The van der Waals surface area contributed by atoms with E-state index >= 15 is 0 Å². The molecule has 27 heavy (non-hydrogen) atoms. The second-order valence-electron chi connectivity index (χ2n) is 6.06. The van der Waals surface area contributed by atoms with Crippen LogP contribution in [0.25, 0.3) is 11.8 Å². The number of fused-ring (bicyclic) bond motifs is 1. The van der Waals surface area contributed by atoms with Gasteiger partial charge in [-0.1, -0.05) is 0 Å². The topological polar surface area (TPSA) is 58.2 Å². The van der Waals surface area contributed by atoms with Crippen LogP contribution in [0.4, 0.5) is 0 Å². The average Bonchev–Trinajstić information content (AvgIpc) is 2.72. The minimum absolute atomic E-state index is 0.575. The van der Waals surface area contributed by atoms with E-state index in [9.17, 15) is 0 Å². The second-order valence-corrected chi connectivity index (χ2v) is 6.06. The molecule has 0 radical (unpaired) electrons. The normalized spacial score (nSPS) is 14.2. The molecule has 0 bridgehead atoms. The molecular weight excluding hydrogens is 346 g/mol. The van der Waals surface area contributed by atoms with E-state index in [0.717, 1.165) is 35.5 Å². The summed E-state index contributed by atoms with van der Waals surface area (Å²) in [5.74, 6) is 3.26. The predicted molar refractivity (Wildman–Crippen MR) is 105 cm³/mol. The van der Waals surface area contributed by atoms with Gasteiger partial charge in [-0.05, 0) is 47.9 Å². The highest BCUT2D eigenvalue weighted by atomic mass is 16.5. The first kappa shape index (κ1) is 18.8. The Morgan fingerprint density at radius 3 is 1.89 bits per heavy atom. The van der Waals surface area contributed by atoms with Crippen LogP contribution in [0.15, 0.2) is 24.3 Å². The molecule has 0 saturated heterocycles. The smallest absolute Gasteiger partial charge is 0.203 e. The Balaban J connectivity index is 2.10. The summed E-state index contributed by atoms with van der Waals surface area (Å²) in [4.78, 5) is 0. The van der Waals surface area contributed by atoms with Crippen LogP contribution < -0.4 is 29.0 Å². The van der Waals surface area contributed by atoms with Gasteiger partial charge in [0.15, 0.2) is 23.0 Å². The van der Waals surface area contributed by atoms with E-state index < -0.39 is 0 Å². The van der Waals surface area contributed by atoms with E-state index in [4.69, 9.17) is 23.7 Å². The largest absolute Gasteiger partial charge is 0.493 e. The summed E-state index contributed by atoms with van der Waals surface area (Å²) in [7, 11) is 8.11. The van der Waals surface area contributed by atoms with Crippen LogP contribution in [-0.4, -0.2) is 42.1 Å². The highest BCUT2D eigenvalue weighted by Gasteiger charge is 2.19. The third-order valence-corrected chi connectivity index (χ3v) is 4.61. The molecule has 0 aromatic heterocycles. The molecule has 2 aromatic rings. The van der Waals surface area contributed by atoms with E-state index in [-0.39, 0.29) is 0 Å². The fraction of sp³-hybridized carbons (Fsp3) is 0.333. The first-order valence-electron chi connectivity index (χ1n) is 8.66. The summed E-state index contributed by atoms with van der Waals surface area (Å²) < 4.78 is 27.2. The molecule has 1 N–H and O–H groups in total. The van der Waals surface area contributed by atoms with Gasteiger partial charge in [0.1, 0.15) is 0 Å². The molecule has 144 valence electrons. The molecule has 6 heteroatoms. The molecule has 0 spiro atoms. The Morgan fingerprint density at radius 1 is 0.741 bits per heavy atom. The molecule has 1 heterocycles. The van der Waals surface area contributed by atoms with Crippen molar-refractivity contribution in [2.45, 2.75) is 6.42 Å². The Morgan fingerprint density at radius 2 is 1.33 bits per heavy atom. The molecule has 3 rings (SSSR count). The standard InChI is InChI=1S/C21H25NO5/c1-23-17-11-14-6-7-22-16(15(14)12-18(17)24-2)8-13-9-19(25-3)21(27-5)20(10-13)26-4/h8-12,22H,6-7H2,1-5H3. The predicted octanol–water partition coefficient (Wildman–Crippen LogP) is 3.37. The number of rotatable bonds is 6. The molecule has 1 aliphatic heterocycles. The Bertz CT molecular complexity index is 835. The van der Waals surface area contributed by atoms with Crippen molar-refractivity contribution in [2.75, 3.05) is 42.1 Å². The van der Waals surface area contributed by atoms with Crippen LogP contribution in [-0.2, 0) is 6.42 Å². The number of ether oxygens (including phenoxy) is 5. The SMILES string of the molecule is COc1cc2c(cc1OC)C(=Cc1cc(OC)c(OC)c(OC)c1)NCC2. The van der Waals surface area contributed by atoms with Gasteiger partial charge in [-0.3, -0.25) is 0 Å². The first-order chi connectivity index (χ1) is 13.1. The van der Waals surface area contributed by atoms with E-state index in [1.807, 2.05) is 24.3 Å². The quantitative estimate of drug-likeness (QED) is 0.840. The maximum atomic E-state index is 5.47. The summed E-state index contributed by atoms with van der Waals surface area (Å²) in [6, 6.07) is 7.89. The minimum atomic E-state index is 0.575.